The zero-order chi connectivity index (χ0) is 15.5. The Balaban J connectivity index is 2.96. The first kappa shape index (κ1) is 17.3. The molecule has 1 aromatic heterocycles. The monoisotopic (exact) mass is 298 g/mol. The van der Waals surface area contributed by atoms with Crippen molar-refractivity contribution in [3.63, 3.8) is 0 Å². The van der Waals surface area contributed by atoms with Crippen LogP contribution in [0.3, 0.4) is 0 Å². The van der Waals surface area contributed by atoms with Gasteiger partial charge in [-0.25, -0.2) is 0 Å². The molecule has 0 aliphatic rings. The highest BCUT2D eigenvalue weighted by atomic mass is 15.3. The van der Waals surface area contributed by atoms with E-state index in [4.69, 9.17) is 22.9 Å². The van der Waals surface area contributed by atoms with E-state index in [1.165, 1.54) is 0 Å². The van der Waals surface area contributed by atoms with Crippen LogP contribution >= 0.6 is 0 Å². The summed E-state index contributed by atoms with van der Waals surface area (Å²) in [5, 5.41) is 6.09. The van der Waals surface area contributed by atoms with Crippen LogP contribution in [0.5, 0.6) is 0 Å². The van der Waals surface area contributed by atoms with Crippen LogP contribution in [0.15, 0.2) is 0 Å². The lowest BCUT2D eigenvalue weighted by Crippen LogP contribution is -2.35. The van der Waals surface area contributed by atoms with Gasteiger partial charge in [0.25, 0.3) is 0 Å². The van der Waals surface area contributed by atoms with Gasteiger partial charge < -0.3 is 38.5 Å². The van der Waals surface area contributed by atoms with Crippen molar-refractivity contribution in [3.8, 4) is 0 Å². The van der Waals surface area contributed by atoms with Gasteiger partial charge in [0.15, 0.2) is 0 Å². The smallest absolute Gasteiger partial charge is 0.232 e. The number of anilines is 3. The van der Waals surface area contributed by atoms with Gasteiger partial charge in [0.1, 0.15) is 0 Å². The molecule has 10 N–H and O–H groups in total. The van der Waals surface area contributed by atoms with Crippen molar-refractivity contribution in [3.05, 3.63) is 0 Å². The molecule has 0 aliphatic carbocycles. The molecule has 0 aliphatic heterocycles. The van der Waals surface area contributed by atoms with Crippen molar-refractivity contribution >= 4 is 17.8 Å². The quantitative estimate of drug-likeness (QED) is 0.253. The van der Waals surface area contributed by atoms with Crippen LogP contribution in [0.2, 0.25) is 0 Å². The number of aromatic nitrogens is 3. The molecule has 0 aromatic carbocycles. The van der Waals surface area contributed by atoms with E-state index in [9.17, 15) is 0 Å². The van der Waals surface area contributed by atoms with Crippen LogP contribution in [0.25, 0.3) is 0 Å². The Morgan fingerprint density at radius 1 is 0.714 bits per heavy atom. The van der Waals surface area contributed by atoms with Gasteiger partial charge >= 0.3 is 0 Å². The summed E-state index contributed by atoms with van der Waals surface area (Å²) in [6.07, 6.45) is 0. The minimum absolute atomic E-state index is 0.462. The molecule has 1 heterocycles. The van der Waals surface area contributed by atoms with Crippen molar-refractivity contribution in [2.75, 3.05) is 67.9 Å². The van der Waals surface area contributed by atoms with Crippen LogP contribution in [0.1, 0.15) is 0 Å². The number of rotatable bonds is 11. The second kappa shape index (κ2) is 10.0. The molecule has 0 amide bonds. The molecule has 0 bridgehead atoms. The van der Waals surface area contributed by atoms with Crippen molar-refractivity contribution in [2.24, 2.45) is 22.9 Å². The summed E-state index contributed by atoms with van der Waals surface area (Å²) in [6.45, 7) is 4.35. The Hall–Kier alpha value is -1.75. The third kappa shape index (κ3) is 6.04. The molecule has 0 saturated heterocycles. The third-order valence-electron chi connectivity index (χ3n) is 2.56. The lowest BCUT2D eigenvalue weighted by molar-refractivity contribution is 0.750. The standard InChI is InChI=1S/C11H26N10/c12-1-5-16-9-18-10(17-6-2-13)20-11(19-9)21(7-3-14)8-4-15/h1-8,12-15H2,(H2,16,17,18,19,20). The largest absolute Gasteiger partial charge is 0.353 e. The first-order valence-electron chi connectivity index (χ1n) is 7.04. The van der Waals surface area contributed by atoms with Gasteiger partial charge in [-0.15, -0.1) is 0 Å². The predicted molar refractivity (Wildman–Crippen MR) is 85.2 cm³/mol. The zero-order valence-electron chi connectivity index (χ0n) is 12.3. The highest BCUT2D eigenvalue weighted by Gasteiger charge is 2.12. The number of nitrogens with one attached hydrogen (secondary N) is 2. The van der Waals surface area contributed by atoms with E-state index < -0.39 is 0 Å². The SMILES string of the molecule is NCCNc1nc(NCCN)nc(N(CCN)CCN)n1. The molecular weight excluding hydrogens is 272 g/mol. The molecule has 0 radical (unpaired) electrons. The van der Waals surface area contributed by atoms with E-state index >= 15 is 0 Å². The average molecular weight is 298 g/mol. The van der Waals surface area contributed by atoms with E-state index in [1.54, 1.807) is 0 Å². The van der Waals surface area contributed by atoms with E-state index in [-0.39, 0.29) is 0 Å². The zero-order valence-corrected chi connectivity index (χ0v) is 12.3. The maximum atomic E-state index is 5.62. The van der Waals surface area contributed by atoms with Gasteiger partial charge in [0.2, 0.25) is 17.8 Å². The molecule has 120 valence electrons. The fourth-order valence-corrected chi connectivity index (χ4v) is 1.66. The van der Waals surface area contributed by atoms with E-state index in [1.807, 2.05) is 4.90 Å². The summed E-state index contributed by atoms with van der Waals surface area (Å²) in [7, 11) is 0. The Kier molecular flexibility index (Phi) is 8.28. The Bertz CT molecular complexity index is 366. The Morgan fingerprint density at radius 2 is 1.19 bits per heavy atom. The van der Waals surface area contributed by atoms with Crippen molar-refractivity contribution < 1.29 is 0 Å². The van der Waals surface area contributed by atoms with Crippen molar-refractivity contribution in [1.29, 1.82) is 0 Å². The molecule has 10 heteroatoms. The maximum Gasteiger partial charge on any atom is 0.232 e. The fourth-order valence-electron chi connectivity index (χ4n) is 1.66. The molecular formula is C11H26N10. The summed E-state index contributed by atoms with van der Waals surface area (Å²) >= 11 is 0. The van der Waals surface area contributed by atoms with E-state index in [0.29, 0.717) is 70.2 Å². The second-order valence-electron chi connectivity index (χ2n) is 4.28. The van der Waals surface area contributed by atoms with Crippen LogP contribution in [0, 0.1) is 0 Å². The second-order valence-corrected chi connectivity index (χ2v) is 4.28. The van der Waals surface area contributed by atoms with E-state index in [0.717, 1.165) is 0 Å². The van der Waals surface area contributed by atoms with Crippen LogP contribution in [-0.4, -0.2) is 67.3 Å². The Labute approximate surface area is 124 Å². The molecule has 0 unspecified atom stereocenters. The summed E-state index contributed by atoms with van der Waals surface area (Å²) < 4.78 is 0. The number of hydrogen-bond acceptors (Lipinski definition) is 10. The lowest BCUT2D eigenvalue weighted by atomic mass is 10.5. The maximum absolute atomic E-state index is 5.62. The molecule has 0 saturated carbocycles. The molecule has 10 nitrogen and oxygen atoms in total. The Morgan fingerprint density at radius 3 is 1.57 bits per heavy atom. The van der Waals surface area contributed by atoms with Crippen LogP contribution < -0.4 is 38.5 Å². The average Bonchev–Trinajstić information content (AvgIpc) is 2.50. The molecule has 0 spiro atoms. The molecule has 1 rings (SSSR count). The van der Waals surface area contributed by atoms with Gasteiger partial charge in [-0.05, 0) is 0 Å². The predicted octanol–water partition coefficient (Wildman–Crippen LogP) is -2.66. The summed E-state index contributed by atoms with van der Waals surface area (Å²) in [5.41, 5.74) is 22.2. The van der Waals surface area contributed by atoms with Gasteiger partial charge in [0.05, 0.1) is 0 Å². The molecule has 21 heavy (non-hydrogen) atoms. The summed E-state index contributed by atoms with van der Waals surface area (Å²) in [4.78, 5) is 14.9. The van der Waals surface area contributed by atoms with E-state index in [2.05, 4.69) is 25.6 Å². The topological polar surface area (TPSA) is 170 Å². The highest BCUT2D eigenvalue weighted by molar-refractivity contribution is 5.44. The highest BCUT2D eigenvalue weighted by Crippen LogP contribution is 2.13. The first-order chi connectivity index (χ1) is 10.2. The fraction of sp³-hybridized carbons (Fsp3) is 0.727. The van der Waals surface area contributed by atoms with Gasteiger partial charge in [-0.3, -0.25) is 0 Å². The van der Waals surface area contributed by atoms with Crippen LogP contribution in [0.4, 0.5) is 17.8 Å². The number of hydrogen-bond donors (Lipinski definition) is 6. The number of nitrogens with two attached hydrogens (primary N) is 4. The minimum atomic E-state index is 0.462. The van der Waals surface area contributed by atoms with Gasteiger partial charge in [-0.2, -0.15) is 15.0 Å². The molecule has 1 aromatic rings. The molecule has 0 fully saturated rings. The normalized spacial score (nSPS) is 10.5. The van der Waals surface area contributed by atoms with Crippen molar-refractivity contribution in [1.82, 2.24) is 15.0 Å². The molecule has 0 atom stereocenters. The van der Waals surface area contributed by atoms with Gasteiger partial charge in [0, 0.05) is 52.4 Å². The minimum Gasteiger partial charge on any atom is -0.353 e. The summed E-state index contributed by atoms with van der Waals surface area (Å²) in [5.74, 6) is 1.45. The van der Waals surface area contributed by atoms with Crippen molar-refractivity contribution in [2.45, 2.75) is 0 Å². The summed E-state index contributed by atoms with van der Waals surface area (Å²) in [6, 6.07) is 0. The van der Waals surface area contributed by atoms with Gasteiger partial charge in [-0.1, -0.05) is 0 Å². The van der Waals surface area contributed by atoms with Crippen LogP contribution in [-0.2, 0) is 0 Å². The number of nitrogens with zero attached hydrogens (tertiary/aromatic N) is 4. The first-order valence-corrected chi connectivity index (χ1v) is 7.04. The third-order valence-corrected chi connectivity index (χ3v) is 2.56. The lowest BCUT2D eigenvalue weighted by Gasteiger charge is -2.22.